The number of unbranched alkanes of at least 4 members (excludes halogenated alkanes) is 3. The molecule has 0 radical (unpaired) electrons. The summed E-state index contributed by atoms with van der Waals surface area (Å²) in [6.07, 6.45) is 10.0. The summed E-state index contributed by atoms with van der Waals surface area (Å²) in [6.45, 7) is 4.94. The van der Waals surface area contributed by atoms with Gasteiger partial charge in [0, 0.05) is 12.5 Å². The molecule has 33 heavy (non-hydrogen) atoms. The maximum Gasteiger partial charge on any atom is 0.200 e. The highest BCUT2D eigenvalue weighted by atomic mass is 19.2. The topological polar surface area (TPSA) is 27.7 Å². The molecule has 188 valence electrons. The van der Waals surface area contributed by atoms with Gasteiger partial charge < -0.3 is 14.2 Å². The Morgan fingerprint density at radius 2 is 1.73 bits per heavy atom. The van der Waals surface area contributed by atoms with Gasteiger partial charge in [-0.05, 0) is 62.5 Å². The summed E-state index contributed by atoms with van der Waals surface area (Å²) in [5, 5.41) is 0. The molecule has 5 atom stereocenters. The smallest absolute Gasteiger partial charge is 0.200 e. The van der Waals surface area contributed by atoms with Gasteiger partial charge in [0.15, 0.2) is 11.6 Å². The highest BCUT2D eigenvalue weighted by Crippen LogP contribution is 2.34. The minimum absolute atomic E-state index is 0.151. The van der Waals surface area contributed by atoms with Gasteiger partial charge >= 0.3 is 0 Å². The molecule has 0 saturated carbocycles. The lowest BCUT2D eigenvalue weighted by Gasteiger charge is -2.30. The number of benzene rings is 1. The zero-order chi connectivity index (χ0) is 23.6. The van der Waals surface area contributed by atoms with Crippen LogP contribution >= 0.6 is 0 Å². The molecule has 1 aromatic carbocycles. The number of hydrogen-bond acceptors (Lipinski definition) is 3. The van der Waals surface area contributed by atoms with Crippen LogP contribution in [0.5, 0.6) is 5.75 Å². The van der Waals surface area contributed by atoms with Crippen molar-refractivity contribution in [1.82, 2.24) is 0 Å². The predicted molar refractivity (Wildman–Crippen MR) is 125 cm³/mol. The molecule has 0 aromatic heterocycles. The molecule has 2 aliphatic heterocycles. The largest absolute Gasteiger partial charge is 0.487 e. The highest BCUT2D eigenvalue weighted by molar-refractivity contribution is 5.33. The van der Waals surface area contributed by atoms with Crippen molar-refractivity contribution >= 4 is 0 Å². The standard InChI is InChI=1S/C27H41F3O3/c1-3-5-6-7-8-23-11-9-19(16-31-23)15-21(28)18-33-25-14-13-24(26(29)27(25)30)20-10-12-22(4-2)32-17-20/h13-14,19-23H,3-12,15-18H2,1-2H3. The third-order valence-corrected chi connectivity index (χ3v) is 7.20. The predicted octanol–water partition coefficient (Wildman–Crippen LogP) is 7.51. The molecule has 0 N–H and O–H groups in total. The number of ether oxygens (including phenoxy) is 3. The van der Waals surface area contributed by atoms with Crippen LogP contribution in [0.2, 0.25) is 0 Å². The van der Waals surface area contributed by atoms with Crippen molar-refractivity contribution in [3.05, 3.63) is 29.3 Å². The molecule has 3 rings (SSSR count). The van der Waals surface area contributed by atoms with Crippen LogP contribution in [-0.2, 0) is 9.47 Å². The SMILES string of the molecule is CCCCCCC1CCC(CC(F)COc2ccc(C3CCC(CC)OC3)c(F)c2F)CO1. The van der Waals surface area contributed by atoms with E-state index in [9.17, 15) is 13.2 Å². The van der Waals surface area contributed by atoms with Gasteiger partial charge in [-0.15, -0.1) is 0 Å². The maximum atomic E-state index is 14.7. The van der Waals surface area contributed by atoms with E-state index >= 15 is 0 Å². The van der Waals surface area contributed by atoms with Crippen LogP contribution in [-0.4, -0.2) is 38.2 Å². The number of alkyl halides is 1. The van der Waals surface area contributed by atoms with Gasteiger partial charge in [0.05, 0.1) is 18.8 Å². The van der Waals surface area contributed by atoms with Crippen molar-refractivity contribution in [3.63, 3.8) is 0 Å². The minimum Gasteiger partial charge on any atom is -0.487 e. The van der Waals surface area contributed by atoms with E-state index in [2.05, 4.69) is 13.8 Å². The quantitative estimate of drug-likeness (QED) is 0.296. The lowest BCUT2D eigenvalue weighted by atomic mass is 9.90. The average molecular weight is 471 g/mol. The number of rotatable bonds is 12. The molecule has 3 nitrogen and oxygen atoms in total. The van der Waals surface area contributed by atoms with Crippen molar-refractivity contribution in [2.24, 2.45) is 5.92 Å². The van der Waals surface area contributed by atoms with Gasteiger partial charge in [0.25, 0.3) is 0 Å². The Labute approximate surface area is 197 Å². The Bertz CT molecular complexity index is 698. The Balaban J connectivity index is 1.40. The van der Waals surface area contributed by atoms with Crippen molar-refractivity contribution in [2.45, 2.75) is 109 Å². The van der Waals surface area contributed by atoms with Crippen LogP contribution in [0.25, 0.3) is 0 Å². The monoisotopic (exact) mass is 470 g/mol. The van der Waals surface area contributed by atoms with E-state index in [-0.39, 0.29) is 30.3 Å². The Kier molecular flexibility index (Phi) is 10.8. The lowest BCUT2D eigenvalue weighted by molar-refractivity contribution is -0.0298. The fourth-order valence-corrected chi connectivity index (χ4v) is 5.03. The molecule has 0 spiro atoms. The van der Waals surface area contributed by atoms with Crippen molar-refractivity contribution in [3.8, 4) is 5.75 Å². The van der Waals surface area contributed by atoms with Crippen molar-refractivity contribution < 1.29 is 27.4 Å². The normalized spacial score (nSPS) is 26.8. The molecular weight excluding hydrogens is 429 g/mol. The Morgan fingerprint density at radius 3 is 2.39 bits per heavy atom. The molecule has 2 fully saturated rings. The second-order valence-corrected chi connectivity index (χ2v) is 9.81. The molecule has 6 heteroatoms. The Hall–Kier alpha value is -1.27. The van der Waals surface area contributed by atoms with Gasteiger partial charge in [-0.3, -0.25) is 0 Å². The van der Waals surface area contributed by atoms with Crippen molar-refractivity contribution in [2.75, 3.05) is 19.8 Å². The van der Waals surface area contributed by atoms with Crippen LogP contribution in [0.15, 0.2) is 12.1 Å². The van der Waals surface area contributed by atoms with E-state index in [1.54, 1.807) is 6.07 Å². The fourth-order valence-electron chi connectivity index (χ4n) is 5.03. The first-order chi connectivity index (χ1) is 16.0. The van der Waals surface area contributed by atoms with E-state index in [1.807, 2.05) is 0 Å². The first-order valence-corrected chi connectivity index (χ1v) is 13.0. The molecular formula is C27H41F3O3. The van der Waals surface area contributed by atoms with Crippen LogP contribution < -0.4 is 4.74 Å². The minimum atomic E-state index is -1.24. The molecule has 0 amide bonds. The lowest BCUT2D eigenvalue weighted by Crippen LogP contribution is -2.29. The summed E-state index contributed by atoms with van der Waals surface area (Å²) >= 11 is 0. The molecule has 0 aliphatic carbocycles. The summed E-state index contributed by atoms with van der Waals surface area (Å²) in [4.78, 5) is 0. The second-order valence-electron chi connectivity index (χ2n) is 9.81. The second kappa shape index (κ2) is 13.6. The first-order valence-electron chi connectivity index (χ1n) is 13.0. The van der Waals surface area contributed by atoms with Gasteiger partial charge in [-0.25, -0.2) is 8.78 Å². The summed E-state index contributed by atoms with van der Waals surface area (Å²) < 4.78 is 60.8. The zero-order valence-corrected chi connectivity index (χ0v) is 20.3. The van der Waals surface area contributed by atoms with Crippen molar-refractivity contribution in [1.29, 1.82) is 0 Å². The van der Waals surface area contributed by atoms with Crippen LogP contribution in [0.4, 0.5) is 13.2 Å². The van der Waals surface area contributed by atoms with Gasteiger partial charge in [0.1, 0.15) is 12.8 Å². The molecule has 2 saturated heterocycles. The molecule has 5 unspecified atom stereocenters. The maximum absolute atomic E-state index is 14.7. The summed E-state index contributed by atoms with van der Waals surface area (Å²) in [5.41, 5.74) is 0.315. The van der Waals surface area contributed by atoms with Crippen LogP contribution in [0.1, 0.15) is 96.0 Å². The van der Waals surface area contributed by atoms with Crippen LogP contribution in [0, 0.1) is 17.6 Å². The molecule has 2 heterocycles. The summed E-state index contributed by atoms with van der Waals surface area (Å²) in [7, 11) is 0. The molecule has 1 aromatic rings. The summed E-state index contributed by atoms with van der Waals surface area (Å²) in [5.74, 6) is -2.18. The zero-order valence-electron chi connectivity index (χ0n) is 20.3. The van der Waals surface area contributed by atoms with E-state index in [4.69, 9.17) is 14.2 Å². The third-order valence-electron chi connectivity index (χ3n) is 7.20. The number of halogens is 3. The third kappa shape index (κ3) is 7.88. The fraction of sp³-hybridized carbons (Fsp3) is 0.778. The average Bonchev–Trinajstić information content (AvgIpc) is 2.84. The van der Waals surface area contributed by atoms with Gasteiger partial charge in [0.2, 0.25) is 5.82 Å². The van der Waals surface area contributed by atoms with E-state index in [0.29, 0.717) is 31.3 Å². The Morgan fingerprint density at radius 1 is 0.939 bits per heavy atom. The first kappa shape index (κ1) is 26.3. The summed E-state index contributed by atoms with van der Waals surface area (Å²) in [6, 6.07) is 2.97. The van der Waals surface area contributed by atoms with E-state index in [0.717, 1.165) is 38.5 Å². The molecule has 2 aliphatic rings. The van der Waals surface area contributed by atoms with Gasteiger partial charge in [-0.1, -0.05) is 45.6 Å². The van der Waals surface area contributed by atoms with Crippen LogP contribution in [0.3, 0.4) is 0 Å². The van der Waals surface area contributed by atoms with Gasteiger partial charge in [-0.2, -0.15) is 4.39 Å². The van der Waals surface area contributed by atoms with E-state index in [1.165, 1.54) is 31.7 Å². The van der Waals surface area contributed by atoms with E-state index < -0.39 is 17.8 Å². The highest BCUT2D eigenvalue weighted by Gasteiger charge is 2.28. The number of hydrogen-bond donors (Lipinski definition) is 0. The molecule has 0 bridgehead atoms.